The number of anilines is 3. The fourth-order valence-electron chi connectivity index (χ4n) is 4.07. The molecule has 0 atom stereocenters. The summed E-state index contributed by atoms with van der Waals surface area (Å²) in [5.74, 6) is 0.718. The number of nitrogens with zero attached hydrogens (tertiary/aromatic N) is 5. The normalized spacial score (nSPS) is 11.0. The van der Waals surface area contributed by atoms with Gasteiger partial charge in [0.2, 0.25) is 0 Å². The Bertz CT molecular complexity index is 1550. The van der Waals surface area contributed by atoms with Gasteiger partial charge in [-0.05, 0) is 42.0 Å². The third kappa shape index (κ3) is 4.71. The lowest BCUT2D eigenvalue weighted by Gasteiger charge is -2.23. The lowest BCUT2D eigenvalue weighted by molar-refractivity contribution is 0.256. The summed E-state index contributed by atoms with van der Waals surface area (Å²) in [4.78, 5) is 25.3. The van der Waals surface area contributed by atoms with E-state index < -0.39 is 6.03 Å². The minimum Gasteiger partial charge on any atom is -0.352 e. The van der Waals surface area contributed by atoms with E-state index >= 15 is 0 Å². The van der Waals surface area contributed by atoms with Crippen LogP contribution in [0, 0.1) is 0 Å². The molecule has 2 aromatic heterocycles. The fourth-order valence-corrected chi connectivity index (χ4v) is 4.42. The Balaban J connectivity index is 1.55. The van der Waals surface area contributed by atoms with Crippen LogP contribution in [0.25, 0.3) is 16.9 Å². The number of hydrogen-bond acceptors (Lipinski definition) is 4. The molecular formula is C27H22Cl2N6O. The molecule has 0 saturated heterocycles. The third-order valence-electron chi connectivity index (χ3n) is 5.76. The molecule has 7 nitrogen and oxygen atoms in total. The van der Waals surface area contributed by atoms with Crippen molar-refractivity contribution in [2.75, 3.05) is 16.8 Å². The van der Waals surface area contributed by atoms with Crippen LogP contribution in [0.15, 0.2) is 91.4 Å². The maximum Gasteiger partial charge on any atom is 0.323 e. The summed E-state index contributed by atoms with van der Waals surface area (Å²) in [5.41, 5.74) is 10.2. The Morgan fingerprint density at radius 1 is 1.03 bits per heavy atom. The van der Waals surface area contributed by atoms with E-state index in [1.165, 1.54) is 4.90 Å². The molecule has 5 rings (SSSR count). The number of primary amides is 1. The first-order valence-electron chi connectivity index (χ1n) is 11.1. The first kappa shape index (κ1) is 23.7. The van der Waals surface area contributed by atoms with Crippen molar-refractivity contribution >= 4 is 52.1 Å². The number of hydrogen-bond donors (Lipinski definition) is 1. The lowest BCUT2D eigenvalue weighted by Crippen LogP contribution is -2.31. The van der Waals surface area contributed by atoms with E-state index in [9.17, 15) is 4.79 Å². The fraction of sp³-hybridized carbons (Fsp3) is 0.0741. The molecule has 0 aliphatic carbocycles. The number of imidazole rings is 1. The Kier molecular flexibility index (Phi) is 6.50. The maximum absolute atomic E-state index is 12.4. The predicted octanol–water partition coefficient (Wildman–Crippen LogP) is 6.56. The minimum atomic E-state index is -0.637. The number of nitrogens with two attached hydrogens (primary N) is 1. The van der Waals surface area contributed by atoms with Crippen molar-refractivity contribution in [1.82, 2.24) is 14.4 Å². The van der Waals surface area contributed by atoms with Crippen molar-refractivity contribution in [3.63, 3.8) is 0 Å². The molecule has 0 saturated carbocycles. The second-order valence-corrected chi connectivity index (χ2v) is 9.11. The summed E-state index contributed by atoms with van der Waals surface area (Å²) in [6.45, 7) is 0.623. The number of halogens is 2. The second-order valence-electron chi connectivity index (χ2n) is 8.27. The molecule has 0 radical (unpaired) electrons. The molecule has 2 amide bonds. The van der Waals surface area contributed by atoms with Crippen molar-refractivity contribution in [1.29, 1.82) is 0 Å². The summed E-state index contributed by atoms with van der Waals surface area (Å²) in [6, 6.07) is 21.6. The minimum absolute atomic E-state index is 0.422. The van der Waals surface area contributed by atoms with Crippen LogP contribution in [-0.2, 0) is 6.54 Å². The van der Waals surface area contributed by atoms with Gasteiger partial charge in [-0.15, -0.1) is 0 Å². The summed E-state index contributed by atoms with van der Waals surface area (Å²) in [5, 5.41) is 1.12. The molecule has 180 valence electrons. The Morgan fingerprint density at radius 2 is 1.81 bits per heavy atom. The molecule has 2 N–H and O–H groups in total. The van der Waals surface area contributed by atoms with E-state index in [0.29, 0.717) is 33.7 Å². The Morgan fingerprint density at radius 3 is 2.56 bits per heavy atom. The highest BCUT2D eigenvalue weighted by molar-refractivity contribution is 6.34. The third-order valence-corrected chi connectivity index (χ3v) is 6.34. The van der Waals surface area contributed by atoms with E-state index in [-0.39, 0.29) is 0 Å². The van der Waals surface area contributed by atoms with E-state index in [1.807, 2.05) is 71.2 Å². The lowest BCUT2D eigenvalue weighted by atomic mass is 10.1. The number of carbonyl (C=O) groups excluding carboxylic acids is 1. The zero-order valence-electron chi connectivity index (χ0n) is 19.3. The van der Waals surface area contributed by atoms with Crippen molar-refractivity contribution in [2.45, 2.75) is 6.54 Å². The van der Waals surface area contributed by atoms with Gasteiger partial charge in [-0.1, -0.05) is 59.6 Å². The van der Waals surface area contributed by atoms with E-state index in [0.717, 1.165) is 22.6 Å². The molecule has 5 aromatic rings. The molecule has 0 spiro atoms. The zero-order chi connectivity index (χ0) is 25.2. The van der Waals surface area contributed by atoms with Crippen LogP contribution in [0.1, 0.15) is 5.56 Å². The van der Waals surface area contributed by atoms with E-state index in [4.69, 9.17) is 33.9 Å². The predicted molar refractivity (Wildman–Crippen MR) is 145 cm³/mol. The maximum atomic E-state index is 12.4. The summed E-state index contributed by atoms with van der Waals surface area (Å²) >= 11 is 12.4. The molecule has 0 aliphatic heterocycles. The average molecular weight is 517 g/mol. The zero-order valence-corrected chi connectivity index (χ0v) is 20.9. The summed E-state index contributed by atoms with van der Waals surface area (Å²) in [6.07, 6.45) is 5.53. The molecule has 0 fully saturated rings. The largest absolute Gasteiger partial charge is 0.352 e. The van der Waals surface area contributed by atoms with E-state index in [1.54, 1.807) is 36.5 Å². The average Bonchev–Trinajstić information content (AvgIpc) is 3.35. The van der Waals surface area contributed by atoms with Gasteiger partial charge < -0.3 is 15.0 Å². The van der Waals surface area contributed by atoms with Gasteiger partial charge in [0, 0.05) is 42.8 Å². The van der Waals surface area contributed by atoms with Gasteiger partial charge in [0.25, 0.3) is 0 Å². The van der Waals surface area contributed by atoms with Gasteiger partial charge in [0.05, 0.1) is 22.1 Å². The number of rotatable bonds is 6. The topological polar surface area (TPSA) is 79.8 Å². The molecule has 36 heavy (non-hydrogen) atoms. The molecule has 2 heterocycles. The van der Waals surface area contributed by atoms with Crippen molar-refractivity contribution in [2.24, 2.45) is 5.73 Å². The number of amides is 2. The quantitative estimate of drug-likeness (QED) is 0.277. The standard InChI is InChI=1S/C27H22Cl2N6O/c1-33(16-18-9-11-20(28)12-10-18)26-25-31-13-14-34(25)17-23(32-26)19-5-4-6-21(15-19)35(27(30)36)24-8-3-2-7-22(24)29/h2-15,17H,16H2,1H3,(H2,30,36). The number of carbonyl (C=O) groups is 1. The van der Waals surface area contributed by atoms with Crippen molar-refractivity contribution in [3.8, 4) is 11.3 Å². The molecule has 0 unspecified atom stereocenters. The van der Waals surface area contributed by atoms with E-state index in [2.05, 4.69) is 4.98 Å². The number of aromatic nitrogens is 3. The van der Waals surface area contributed by atoms with Gasteiger partial charge in [-0.2, -0.15) is 0 Å². The monoisotopic (exact) mass is 516 g/mol. The summed E-state index contributed by atoms with van der Waals surface area (Å²) < 4.78 is 1.93. The molecule has 9 heteroatoms. The summed E-state index contributed by atoms with van der Waals surface area (Å²) in [7, 11) is 1.97. The van der Waals surface area contributed by atoms with Crippen LogP contribution < -0.4 is 15.5 Å². The van der Waals surface area contributed by atoms with Crippen molar-refractivity contribution in [3.05, 3.63) is 107 Å². The van der Waals surface area contributed by atoms with Gasteiger partial charge in [0.15, 0.2) is 11.5 Å². The highest BCUT2D eigenvalue weighted by Crippen LogP contribution is 2.34. The van der Waals surface area contributed by atoms with Crippen LogP contribution in [-0.4, -0.2) is 27.4 Å². The van der Waals surface area contributed by atoms with Crippen LogP contribution in [0.4, 0.5) is 22.0 Å². The van der Waals surface area contributed by atoms with Gasteiger partial charge in [0.1, 0.15) is 0 Å². The first-order chi connectivity index (χ1) is 17.4. The highest BCUT2D eigenvalue weighted by atomic mass is 35.5. The highest BCUT2D eigenvalue weighted by Gasteiger charge is 2.19. The van der Waals surface area contributed by atoms with Gasteiger partial charge >= 0.3 is 6.03 Å². The van der Waals surface area contributed by atoms with Crippen LogP contribution in [0.2, 0.25) is 10.0 Å². The Hall–Kier alpha value is -4.07. The number of urea groups is 1. The van der Waals surface area contributed by atoms with Crippen LogP contribution in [0.3, 0.4) is 0 Å². The van der Waals surface area contributed by atoms with Crippen LogP contribution >= 0.6 is 23.2 Å². The van der Waals surface area contributed by atoms with Gasteiger partial charge in [-0.3, -0.25) is 4.90 Å². The van der Waals surface area contributed by atoms with Crippen molar-refractivity contribution < 1.29 is 4.79 Å². The van der Waals surface area contributed by atoms with Gasteiger partial charge in [-0.25, -0.2) is 14.8 Å². The molecule has 3 aromatic carbocycles. The molecule has 0 aliphatic rings. The molecule has 0 bridgehead atoms. The SMILES string of the molecule is CN(Cc1ccc(Cl)cc1)c1nc(-c2cccc(N(C(N)=O)c3ccccc3Cl)c2)cn2ccnc12. The number of benzene rings is 3. The van der Waals surface area contributed by atoms with Crippen LogP contribution in [0.5, 0.6) is 0 Å². The second kappa shape index (κ2) is 9.89. The first-order valence-corrected chi connectivity index (χ1v) is 11.9. The smallest absolute Gasteiger partial charge is 0.323 e. The Labute approximate surface area is 218 Å². The number of fused-ring (bicyclic) bond motifs is 1. The number of para-hydroxylation sites is 1. The molecular weight excluding hydrogens is 495 g/mol.